The molecule has 26 heteroatoms. The van der Waals surface area contributed by atoms with Gasteiger partial charge in [-0.25, -0.2) is 4.79 Å². The maximum Gasteiger partial charge on any atom is 0.411 e. The summed E-state index contributed by atoms with van der Waals surface area (Å²) in [6, 6.07) is 11.8. The van der Waals surface area contributed by atoms with Gasteiger partial charge in [-0.15, -0.1) is 46.7 Å². The second-order valence-electron chi connectivity index (χ2n) is 22.1. The number of ether oxygens (including phenoxy) is 5. The molecule has 0 spiro atoms. The minimum Gasteiger partial charge on any atom is -0.444 e. The second-order valence-corrected chi connectivity index (χ2v) is 25.6. The van der Waals surface area contributed by atoms with E-state index in [1.807, 2.05) is 60.7 Å². The summed E-state index contributed by atoms with van der Waals surface area (Å²) >= 11 is 15.5. The van der Waals surface area contributed by atoms with E-state index in [4.69, 9.17) is 46.9 Å². The zero-order chi connectivity index (χ0) is 60.3. The van der Waals surface area contributed by atoms with Gasteiger partial charge in [-0.3, -0.25) is 14.5 Å². The number of aliphatic hydroxyl groups excluding tert-OH is 8. The number of benzene rings is 2. The van der Waals surface area contributed by atoms with Crippen LogP contribution in [0.25, 0.3) is 11.1 Å². The summed E-state index contributed by atoms with van der Waals surface area (Å²) in [6.45, 7) is 9.85. The fourth-order valence-corrected chi connectivity index (χ4v) is 12.9. The lowest BCUT2D eigenvalue weighted by Crippen LogP contribution is -2.65. The number of likely N-dealkylation sites (tertiary alicyclic amines) is 1. The number of alkyl halides is 2. The third-order valence-corrected chi connectivity index (χ3v) is 17.6. The standard InChI is InChI=1S/C30H43ClN2O9S.C25H35ClN2O7S.CH3FS/c1-15(31)20(26-23(36)22(35)24(37)28(41-26)43-5)32-27(38)21-25-19(13-33(21)29(39)42-30(2,3)4)12-18(10-11-40-25)17-8-6-16(14-34)7-9-17;1-12(26)17(23-20(31)19(30)21(32)25(35-23)36-2)28-24(33)18-22-16(10-27-18)9-15(7-8-34-22)14-5-3-13(11-29)4-6-14;1-3-2/h6-10,15,19-26,28,34-37H,11-14H2,1-5H3,(H,32,38);3-7,12,16-23,25,27,29-32H,8-11H2,1-2H3,(H,28,33);1H3/t15-,19-,20+,21-,22+,23?,24+,25+,26+,28?;12-,16-,17+,18-,19+,20?,21+,22+,23+,25?;/m00./s1. The van der Waals surface area contributed by atoms with E-state index in [2.05, 4.69) is 16.0 Å². The van der Waals surface area contributed by atoms with Crippen molar-refractivity contribution in [1.29, 1.82) is 0 Å². The van der Waals surface area contributed by atoms with E-state index in [0.29, 0.717) is 19.6 Å². The number of thioether (sulfide) groups is 2. The molecule has 4 unspecified atom stereocenters. The van der Waals surface area contributed by atoms with Gasteiger partial charge in [0, 0.05) is 43.3 Å². The molecule has 0 aliphatic carbocycles. The Bertz CT molecular complexity index is 2450. The van der Waals surface area contributed by atoms with Gasteiger partial charge in [0.2, 0.25) is 11.8 Å². The van der Waals surface area contributed by atoms with Crippen LogP contribution in [0.3, 0.4) is 0 Å². The number of rotatable bonds is 14. The number of nitrogens with one attached hydrogen (secondary N) is 3. The van der Waals surface area contributed by atoms with E-state index in [0.717, 1.165) is 51.6 Å². The first-order valence-electron chi connectivity index (χ1n) is 27.1. The maximum atomic E-state index is 14.1. The molecule has 4 saturated heterocycles. The molecular formula is C56H81Cl2FN4O16S3. The third-order valence-electron chi connectivity index (χ3n) is 15.3. The normalized spacial score (nSPS) is 33.3. The summed E-state index contributed by atoms with van der Waals surface area (Å²) in [4.78, 5) is 42.3. The minimum absolute atomic E-state index is 0.00380. The van der Waals surface area contributed by atoms with Crippen LogP contribution in [-0.2, 0) is 46.5 Å². The summed E-state index contributed by atoms with van der Waals surface area (Å²) in [6.07, 6.45) is -2.24. The first kappa shape index (κ1) is 68.3. The number of fused-ring (bicyclic) bond motifs is 2. The molecule has 6 aliphatic heterocycles. The zero-order valence-electron chi connectivity index (χ0n) is 47.1. The van der Waals surface area contributed by atoms with E-state index >= 15 is 0 Å². The molecule has 82 heavy (non-hydrogen) atoms. The number of aliphatic hydroxyl groups is 8. The molecule has 3 amide bonds. The Hall–Kier alpha value is -2.83. The number of halogens is 3. The average Bonchev–Trinajstić information content (AvgIpc) is 3.99. The van der Waals surface area contributed by atoms with Gasteiger partial charge in [-0.1, -0.05) is 60.7 Å². The van der Waals surface area contributed by atoms with Crippen molar-refractivity contribution in [1.82, 2.24) is 20.9 Å². The first-order chi connectivity index (χ1) is 38.9. The van der Waals surface area contributed by atoms with Gasteiger partial charge >= 0.3 is 6.09 Å². The topological polar surface area (TPSA) is 299 Å². The van der Waals surface area contributed by atoms with E-state index in [1.165, 1.54) is 22.9 Å². The number of carbonyl (C=O) groups excluding carboxylic acids is 3. The van der Waals surface area contributed by atoms with Gasteiger partial charge < -0.3 is 80.5 Å². The number of hydrogen-bond acceptors (Lipinski definition) is 20. The van der Waals surface area contributed by atoms with E-state index in [9.17, 15) is 59.1 Å². The van der Waals surface area contributed by atoms with Gasteiger partial charge in [0.25, 0.3) is 0 Å². The molecule has 0 radical (unpaired) electrons. The van der Waals surface area contributed by atoms with Crippen LogP contribution in [0.5, 0.6) is 0 Å². The molecule has 0 aromatic heterocycles. The van der Waals surface area contributed by atoms with Gasteiger partial charge in [-0.2, -0.15) is 3.89 Å². The van der Waals surface area contributed by atoms with Crippen LogP contribution < -0.4 is 16.0 Å². The van der Waals surface area contributed by atoms with Crippen molar-refractivity contribution >= 4 is 87.9 Å². The van der Waals surface area contributed by atoms with Crippen LogP contribution >= 0.6 is 58.9 Å². The van der Waals surface area contributed by atoms with Crippen LogP contribution in [0.15, 0.2) is 60.7 Å². The molecule has 20 nitrogen and oxygen atoms in total. The minimum atomic E-state index is -1.53. The van der Waals surface area contributed by atoms with Crippen molar-refractivity contribution in [2.24, 2.45) is 11.8 Å². The molecule has 0 saturated carbocycles. The van der Waals surface area contributed by atoms with Crippen LogP contribution in [0.4, 0.5) is 8.68 Å². The molecule has 2 aromatic carbocycles. The van der Waals surface area contributed by atoms with Gasteiger partial charge in [0.1, 0.15) is 77.4 Å². The van der Waals surface area contributed by atoms with Gasteiger partial charge in [0.15, 0.2) is 0 Å². The molecule has 0 bridgehead atoms. The summed E-state index contributed by atoms with van der Waals surface area (Å²) in [5.74, 6) is -1.05. The molecule has 8 rings (SSSR count). The van der Waals surface area contributed by atoms with Gasteiger partial charge in [0.05, 0.1) is 61.5 Å². The zero-order valence-corrected chi connectivity index (χ0v) is 51.1. The SMILES string of the molecule is CSC1O[C@H]([C@H](NC(=O)[C@@H]2[C@@H]3OCC=C(c4ccc(CO)cc4)C[C@H]3CN2C(=O)OC(C)(C)C)[C@H](C)Cl)C(O)[C@@H](O)[C@H]1O.CSC1O[C@H]([C@H](NC(=O)[C@H]2NC[C@@H]3CC(c4ccc(CO)cc4)=CCO[C@H]32)[C@H](C)Cl)C(O)[C@@H](O)[C@H]1O.CSF. The highest BCUT2D eigenvalue weighted by molar-refractivity contribution is 7.99. The summed E-state index contributed by atoms with van der Waals surface area (Å²) in [7, 11) is 0. The predicted octanol–water partition coefficient (Wildman–Crippen LogP) is 3.33. The molecule has 20 atom stereocenters. The molecule has 2 aromatic rings. The Labute approximate surface area is 501 Å². The monoisotopic (exact) mass is 1250 g/mol. The smallest absolute Gasteiger partial charge is 0.411 e. The molecule has 460 valence electrons. The Balaban J connectivity index is 0.000000255. The van der Waals surface area contributed by atoms with Crippen LogP contribution in [0.1, 0.15) is 69.7 Å². The molecular weight excluding hydrogens is 1170 g/mol. The van der Waals surface area contributed by atoms with Crippen LogP contribution in [-0.4, -0.2) is 221 Å². The fraction of sp³-hybridized carbons (Fsp3) is 0.661. The highest BCUT2D eigenvalue weighted by Crippen LogP contribution is 2.39. The number of amides is 3. The Morgan fingerprint density at radius 3 is 1.54 bits per heavy atom. The number of hydrogen-bond donors (Lipinski definition) is 11. The quantitative estimate of drug-likeness (QED) is 0.121. The first-order valence-corrected chi connectivity index (χ1v) is 31.7. The Morgan fingerprint density at radius 2 is 1.12 bits per heavy atom. The predicted molar refractivity (Wildman–Crippen MR) is 314 cm³/mol. The van der Waals surface area contributed by atoms with E-state index in [-0.39, 0.29) is 62.4 Å². The Morgan fingerprint density at radius 1 is 0.695 bits per heavy atom. The summed E-state index contributed by atoms with van der Waals surface area (Å²) in [5, 5.41) is 89.1. The van der Waals surface area contributed by atoms with Crippen molar-refractivity contribution in [2.75, 3.05) is 45.1 Å². The van der Waals surface area contributed by atoms with Crippen molar-refractivity contribution in [2.45, 2.75) is 173 Å². The third kappa shape index (κ3) is 16.8. The average molecular weight is 1250 g/mol. The maximum absolute atomic E-state index is 14.1. The van der Waals surface area contributed by atoms with E-state index in [1.54, 1.807) is 47.1 Å². The second kappa shape index (κ2) is 31.2. The van der Waals surface area contributed by atoms with Crippen LogP contribution in [0.2, 0.25) is 0 Å². The lowest BCUT2D eigenvalue weighted by atomic mass is 9.90. The van der Waals surface area contributed by atoms with Crippen LogP contribution in [0, 0.1) is 11.8 Å². The fourth-order valence-electron chi connectivity index (χ4n) is 11.1. The highest BCUT2D eigenvalue weighted by Gasteiger charge is 2.54. The molecule has 4 fully saturated rings. The lowest BCUT2D eigenvalue weighted by Gasteiger charge is -2.44. The summed E-state index contributed by atoms with van der Waals surface area (Å²) in [5.41, 5.74) is 3.38. The summed E-state index contributed by atoms with van der Waals surface area (Å²) < 4.78 is 40.0. The Kier molecular flexibility index (Phi) is 26.0. The number of carbonyl (C=O) groups is 3. The molecule has 6 heterocycles. The van der Waals surface area contributed by atoms with Gasteiger partial charge in [-0.05, 0) is 93.4 Å². The largest absolute Gasteiger partial charge is 0.444 e. The number of allylic oxidation sites excluding steroid dienone is 2. The van der Waals surface area contributed by atoms with Crippen molar-refractivity contribution in [3.63, 3.8) is 0 Å². The van der Waals surface area contributed by atoms with Crippen molar-refractivity contribution < 1.29 is 82.8 Å². The van der Waals surface area contributed by atoms with Crippen molar-refractivity contribution in [3.8, 4) is 0 Å². The molecule has 6 aliphatic rings. The van der Waals surface area contributed by atoms with Crippen molar-refractivity contribution in [3.05, 3.63) is 82.9 Å². The number of nitrogens with zero attached hydrogens (tertiary/aromatic N) is 1. The lowest BCUT2D eigenvalue weighted by molar-refractivity contribution is -0.205. The molecule has 11 N–H and O–H groups in total. The highest BCUT2D eigenvalue weighted by atomic mass is 35.5. The van der Waals surface area contributed by atoms with E-state index < -0.39 is 118 Å².